The van der Waals surface area contributed by atoms with Gasteiger partial charge in [-0.1, -0.05) is 0 Å². The Morgan fingerprint density at radius 3 is 1.90 bits per heavy atom. The van der Waals surface area contributed by atoms with Gasteiger partial charge in [-0.25, -0.2) is 9.59 Å². The first kappa shape index (κ1) is 23.2. The normalized spacial score (nSPS) is 10.6. The fourth-order valence-corrected chi connectivity index (χ4v) is 2.58. The molecule has 0 atom stereocenters. The van der Waals surface area contributed by atoms with Crippen molar-refractivity contribution >= 4 is 5.97 Å². The van der Waals surface area contributed by atoms with Gasteiger partial charge in [-0.15, -0.1) is 0 Å². The molecule has 0 bridgehead atoms. The summed E-state index contributed by atoms with van der Waals surface area (Å²) in [4.78, 5) is 25.2. The third kappa shape index (κ3) is 5.50. The van der Waals surface area contributed by atoms with Crippen LogP contribution in [0.2, 0.25) is 0 Å². The molecule has 0 fully saturated rings. The highest BCUT2D eigenvalue weighted by Gasteiger charge is 2.25. The second-order valence-corrected chi connectivity index (χ2v) is 5.87. The summed E-state index contributed by atoms with van der Waals surface area (Å²) < 4.78 is 41.5. The van der Waals surface area contributed by atoms with Gasteiger partial charge in [0.25, 0.3) is 0 Å². The molecule has 0 saturated heterocycles. The van der Waals surface area contributed by atoms with Crippen LogP contribution in [0.5, 0.6) is 17.2 Å². The van der Waals surface area contributed by atoms with E-state index in [-0.39, 0.29) is 54.3 Å². The van der Waals surface area contributed by atoms with Gasteiger partial charge < -0.3 is 37.6 Å². The molecule has 0 saturated carbocycles. The maximum Gasteiger partial charge on any atom is 0.347 e. The lowest BCUT2D eigenvalue weighted by Crippen LogP contribution is -2.14. The van der Waals surface area contributed by atoms with Crippen molar-refractivity contribution in [3.8, 4) is 28.4 Å². The van der Waals surface area contributed by atoms with Gasteiger partial charge in [0.15, 0.2) is 31.9 Å². The monoisotopic (exact) mass is 424 g/mol. The smallest absolute Gasteiger partial charge is 0.347 e. The van der Waals surface area contributed by atoms with Crippen molar-refractivity contribution < 1.29 is 42.4 Å². The molecule has 0 N–H and O–H groups in total. The molecule has 2 rings (SSSR count). The SMILES string of the molecule is COCOc1cc(C(=O)OC)c(-c2c(OCOC)cc(C)oc2=O)cc1OCOC. The number of carbonyl (C=O) groups is 1. The van der Waals surface area contributed by atoms with E-state index >= 15 is 0 Å². The summed E-state index contributed by atoms with van der Waals surface area (Å²) in [6.45, 7) is 1.28. The number of benzene rings is 1. The van der Waals surface area contributed by atoms with Crippen molar-refractivity contribution in [2.45, 2.75) is 6.92 Å². The zero-order valence-corrected chi connectivity index (χ0v) is 17.4. The van der Waals surface area contributed by atoms with Crippen LogP contribution in [-0.4, -0.2) is 54.8 Å². The molecule has 2 aromatic rings. The van der Waals surface area contributed by atoms with Crippen LogP contribution in [0, 0.1) is 6.92 Å². The van der Waals surface area contributed by atoms with Crippen molar-refractivity contribution in [1.82, 2.24) is 0 Å². The van der Waals surface area contributed by atoms with E-state index in [2.05, 4.69) is 0 Å². The van der Waals surface area contributed by atoms with Crippen molar-refractivity contribution in [3.63, 3.8) is 0 Å². The maximum atomic E-state index is 12.7. The minimum absolute atomic E-state index is 0.00129. The zero-order chi connectivity index (χ0) is 22.1. The van der Waals surface area contributed by atoms with Crippen LogP contribution in [0.3, 0.4) is 0 Å². The molecule has 0 aliphatic heterocycles. The van der Waals surface area contributed by atoms with E-state index in [0.29, 0.717) is 5.76 Å². The molecule has 0 aliphatic carbocycles. The van der Waals surface area contributed by atoms with E-state index in [1.165, 1.54) is 46.6 Å². The quantitative estimate of drug-likeness (QED) is 0.393. The topological polar surface area (TPSA) is 112 Å². The Kier molecular flexibility index (Phi) is 8.66. The fraction of sp³-hybridized carbons (Fsp3) is 0.400. The van der Waals surface area contributed by atoms with Crippen LogP contribution < -0.4 is 19.8 Å². The number of ether oxygens (including phenoxy) is 7. The number of carbonyl (C=O) groups excluding carboxylic acids is 1. The zero-order valence-electron chi connectivity index (χ0n) is 17.4. The lowest BCUT2D eigenvalue weighted by Gasteiger charge is -2.17. The Bertz CT molecular complexity index is 919. The number of rotatable bonds is 11. The molecule has 164 valence electrons. The van der Waals surface area contributed by atoms with Crippen LogP contribution >= 0.6 is 0 Å². The van der Waals surface area contributed by atoms with E-state index in [1.54, 1.807) is 6.92 Å². The fourth-order valence-electron chi connectivity index (χ4n) is 2.58. The molecule has 10 nitrogen and oxygen atoms in total. The van der Waals surface area contributed by atoms with Gasteiger partial charge >= 0.3 is 11.6 Å². The summed E-state index contributed by atoms with van der Waals surface area (Å²) in [5, 5.41) is 0. The van der Waals surface area contributed by atoms with Crippen molar-refractivity contribution in [2.24, 2.45) is 0 Å². The molecular weight excluding hydrogens is 400 g/mol. The minimum atomic E-state index is -0.713. The third-order valence-electron chi connectivity index (χ3n) is 3.79. The number of aryl methyl sites for hydroxylation is 1. The predicted octanol–water partition coefficient (Wildman–Crippen LogP) is 2.35. The Morgan fingerprint density at radius 1 is 0.833 bits per heavy atom. The molecule has 1 heterocycles. The highest BCUT2D eigenvalue weighted by molar-refractivity contribution is 5.99. The van der Waals surface area contributed by atoms with Crippen LogP contribution in [0.4, 0.5) is 0 Å². The molecule has 1 aromatic heterocycles. The van der Waals surface area contributed by atoms with Gasteiger partial charge in [0.05, 0.1) is 12.7 Å². The number of hydrogen-bond donors (Lipinski definition) is 0. The first-order chi connectivity index (χ1) is 14.5. The minimum Gasteiger partial charge on any atom is -0.467 e. The summed E-state index contributed by atoms with van der Waals surface area (Å²) in [6.07, 6.45) is 0. The largest absolute Gasteiger partial charge is 0.467 e. The first-order valence-electron chi connectivity index (χ1n) is 8.73. The highest BCUT2D eigenvalue weighted by Crippen LogP contribution is 2.39. The molecule has 0 radical (unpaired) electrons. The Labute approximate surface area is 173 Å². The van der Waals surface area contributed by atoms with Crippen LogP contribution in [0.25, 0.3) is 11.1 Å². The molecule has 10 heteroatoms. The number of hydrogen-bond acceptors (Lipinski definition) is 10. The molecule has 0 spiro atoms. The van der Waals surface area contributed by atoms with Crippen molar-refractivity contribution in [3.05, 3.63) is 39.9 Å². The van der Waals surface area contributed by atoms with Gasteiger partial charge in [-0.2, -0.15) is 0 Å². The average molecular weight is 424 g/mol. The summed E-state index contributed by atoms with van der Waals surface area (Å²) in [7, 11) is 5.56. The Hall–Kier alpha value is -3.08. The summed E-state index contributed by atoms with van der Waals surface area (Å²) in [5.41, 5.74) is -0.516. The van der Waals surface area contributed by atoms with Gasteiger partial charge in [-0.05, 0) is 19.1 Å². The molecule has 0 amide bonds. The van der Waals surface area contributed by atoms with Crippen LogP contribution in [0.15, 0.2) is 27.4 Å². The van der Waals surface area contributed by atoms with Crippen molar-refractivity contribution in [2.75, 3.05) is 48.8 Å². The lowest BCUT2D eigenvalue weighted by atomic mass is 9.99. The first-order valence-corrected chi connectivity index (χ1v) is 8.73. The van der Waals surface area contributed by atoms with Gasteiger partial charge in [0.2, 0.25) is 0 Å². The second kappa shape index (κ2) is 11.2. The molecular formula is C20H24O10. The van der Waals surface area contributed by atoms with E-state index in [0.717, 1.165) is 0 Å². The molecule has 0 aliphatic rings. The predicted molar refractivity (Wildman–Crippen MR) is 104 cm³/mol. The highest BCUT2D eigenvalue weighted by atomic mass is 16.7. The Balaban J connectivity index is 2.76. The summed E-state index contributed by atoms with van der Waals surface area (Å²) in [6, 6.07) is 4.34. The number of methoxy groups -OCH3 is 4. The third-order valence-corrected chi connectivity index (χ3v) is 3.79. The average Bonchev–Trinajstić information content (AvgIpc) is 2.73. The molecule has 1 aromatic carbocycles. The van der Waals surface area contributed by atoms with Gasteiger partial charge in [-0.3, -0.25) is 0 Å². The van der Waals surface area contributed by atoms with Crippen molar-refractivity contribution in [1.29, 1.82) is 0 Å². The second-order valence-electron chi connectivity index (χ2n) is 5.87. The number of esters is 1. The molecule has 30 heavy (non-hydrogen) atoms. The van der Waals surface area contributed by atoms with E-state index < -0.39 is 11.6 Å². The molecule has 0 unspecified atom stereocenters. The standard InChI is InChI=1S/C20H24O10/c1-12-6-17(29-11-25-4)18(20(22)30-12)13-7-15(27-9-23-2)16(28-10-24-3)8-14(13)19(21)26-5/h6-8H,9-11H2,1-5H3. The van der Waals surface area contributed by atoms with E-state index in [9.17, 15) is 9.59 Å². The van der Waals surface area contributed by atoms with E-state index in [4.69, 9.17) is 37.6 Å². The van der Waals surface area contributed by atoms with Gasteiger partial charge in [0, 0.05) is 33.0 Å². The maximum absolute atomic E-state index is 12.7. The van der Waals surface area contributed by atoms with Crippen LogP contribution in [0.1, 0.15) is 16.1 Å². The van der Waals surface area contributed by atoms with Crippen LogP contribution in [-0.2, 0) is 18.9 Å². The van der Waals surface area contributed by atoms with E-state index in [1.807, 2.05) is 0 Å². The summed E-state index contributed by atoms with van der Waals surface area (Å²) >= 11 is 0. The Morgan fingerprint density at radius 2 is 1.37 bits per heavy atom. The summed E-state index contributed by atoms with van der Waals surface area (Å²) in [5.74, 6) is 0.177. The lowest BCUT2D eigenvalue weighted by molar-refractivity contribution is 0.0321. The van der Waals surface area contributed by atoms with Gasteiger partial charge in [0.1, 0.15) is 17.1 Å².